The summed E-state index contributed by atoms with van der Waals surface area (Å²) in [5.74, 6) is 0. The van der Waals surface area contributed by atoms with Crippen LogP contribution in [0.1, 0.15) is 5.56 Å². The number of ether oxygens (including phenoxy) is 1. The van der Waals surface area contributed by atoms with Gasteiger partial charge in [0.15, 0.2) is 5.43 Å². The van der Waals surface area contributed by atoms with Crippen LogP contribution in [-0.2, 0) is 17.9 Å². The Bertz CT molecular complexity index is 1120. The first-order valence-electron chi connectivity index (χ1n) is 9.19. The minimum absolute atomic E-state index is 0.0256. The van der Waals surface area contributed by atoms with Gasteiger partial charge in [0, 0.05) is 23.9 Å². The number of alkyl carbamates (subject to hydrolysis) is 1. The number of nitrogens with one attached hydrogen (secondary N) is 1. The molecule has 5 heteroatoms. The van der Waals surface area contributed by atoms with E-state index in [0.717, 1.165) is 16.6 Å². The number of hydrogen-bond acceptors (Lipinski definition) is 3. The monoisotopic (exact) mass is 372 g/mol. The average molecular weight is 372 g/mol. The SMILES string of the molecule is O=C(NCCn1c2ccccc2c(=O)c2ccccc21)OCc1ccccc1. The molecule has 3 aromatic carbocycles. The van der Waals surface area contributed by atoms with Crippen LogP contribution in [0, 0.1) is 0 Å². The lowest BCUT2D eigenvalue weighted by Gasteiger charge is -2.15. The highest BCUT2D eigenvalue weighted by atomic mass is 16.5. The summed E-state index contributed by atoms with van der Waals surface area (Å²) >= 11 is 0. The summed E-state index contributed by atoms with van der Waals surface area (Å²) in [5, 5.41) is 4.13. The molecule has 4 aromatic rings. The molecule has 0 fully saturated rings. The molecule has 0 saturated heterocycles. The van der Waals surface area contributed by atoms with Crippen molar-refractivity contribution in [2.45, 2.75) is 13.2 Å². The van der Waals surface area contributed by atoms with Crippen LogP contribution in [0.4, 0.5) is 4.79 Å². The number of rotatable bonds is 5. The number of para-hydroxylation sites is 2. The van der Waals surface area contributed by atoms with E-state index < -0.39 is 6.09 Å². The lowest BCUT2D eigenvalue weighted by molar-refractivity contribution is 0.139. The first-order chi connectivity index (χ1) is 13.7. The van der Waals surface area contributed by atoms with Crippen molar-refractivity contribution in [3.63, 3.8) is 0 Å². The van der Waals surface area contributed by atoms with Gasteiger partial charge in [-0.2, -0.15) is 0 Å². The summed E-state index contributed by atoms with van der Waals surface area (Å²) in [6, 6.07) is 24.6. The van der Waals surface area contributed by atoms with Crippen LogP contribution < -0.4 is 10.7 Å². The standard InChI is InChI=1S/C23H20N2O3/c26-22-18-10-4-6-12-20(18)25(21-13-7-5-11-19(21)22)15-14-24-23(27)28-16-17-8-2-1-3-9-17/h1-13H,14-16H2,(H,24,27). The number of carbonyl (C=O) groups excluding carboxylic acids is 1. The molecule has 0 spiro atoms. The Kier molecular flexibility index (Phi) is 5.06. The molecule has 0 bridgehead atoms. The molecule has 0 radical (unpaired) electrons. The van der Waals surface area contributed by atoms with E-state index in [2.05, 4.69) is 9.88 Å². The summed E-state index contributed by atoms with van der Waals surface area (Å²) in [4.78, 5) is 24.7. The van der Waals surface area contributed by atoms with Crippen molar-refractivity contribution in [1.29, 1.82) is 0 Å². The number of hydrogen-bond donors (Lipinski definition) is 1. The summed E-state index contributed by atoms with van der Waals surface area (Å²) in [7, 11) is 0. The van der Waals surface area contributed by atoms with E-state index in [1.165, 1.54) is 0 Å². The maximum Gasteiger partial charge on any atom is 0.407 e. The number of pyridine rings is 1. The fraction of sp³-hybridized carbons (Fsp3) is 0.130. The van der Waals surface area contributed by atoms with Gasteiger partial charge in [-0.25, -0.2) is 4.79 Å². The number of nitrogens with zero attached hydrogens (tertiary/aromatic N) is 1. The van der Waals surface area contributed by atoms with Gasteiger partial charge in [0.05, 0.1) is 11.0 Å². The summed E-state index contributed by atoms with van der Waals surface area (Å²) in [6.45, 7) is 1.16. The summed E-state index contributed by atoms with van der Waals surface area (Å²) in [5.41, 5.74) is 2.67. The smallest absolute Gasteiger partial charge is 0.407 e. The zero-order chi connectivity index (χ0) is 19.3. The molecular weight excluding hydrogens is 352 g/mol. The van der Waals surface area contributed by atoms with Gasteiger partial charge < -0.3 is 14.6 Å². The van der Waals surface area contributed by atoms with Crippen LogP contribution in [0.3, 0.4) is 0 Å². The first-order valence-corrected chi connectivity index (χ1v) is 9.19. The Morgan fingerprint density at radius 3 is 2.04 bits per heavy atom. The Morgan fingerprint density at radius 2 is 1.39 bits per heavy atom. The van der Waals surface area contributed by atoms with Crippen LogP contribution in [0.5, 0.6) is 0 Å². The maximum absolute atomic E-state index is 12.7. The van der Waals surface area contributed by atoms with E-state index in [1.54, 1.807) is 0 Å². The van der Waals surface area contributed by atoms with E-state index in [4.69, 9.17) is 4.74 Å². The Morgan fingerprint density at radius 1 is 0.821 bits per heavy atom. The number of fused-ring (bicyclic) bond motifs is 2. The fourth-order valence-corrected chi connectivity index (χ4v) is 3.36. The van der Waals surface area contributed by atoms with Crippen LogP contribution in [0.15, 0.2) is 83.7 Å². The molecule has 0 saturated carbocycles. The highest BCUT2D eigenvalue weighted by Gasteiger charge is 2.10. The molecule has 0 aliphatic heterocycles. The van der Waals surface area contributed by atoms with Crippen LogP contribution in [0.2, 0.25) is 0 Å². The van der Waals surface area contributed by atoms with Crippen LogP contribution >= 0.6 is 0 Å². The second-order valence-electron chi connectivity index (χ2n) is 6.50. The normalized spacial score (nSPS) is 10.9. The van der Waals surface area contributed by atoms with E-state index in [0.29, 0.717) is 23.9 Å². The quantitative estimate of drug-likeness (QED) is 0.537. The lowest BCUT2D eigenvalue weighted by Crippen LogP contribution is -2.28. The third-order valence-electron chi connectivity index (χ3n) is 4.70. The molecule has 4 rings (SSSR count). The highest BCUT2D eigenvalue weighted by Crippen LogP contribution is 2.18. The summed E-state index contributed by atoms with van der Waals surface area (Å²) < 4.78 is 7.31. The zero-order valence-corrected chi connectivity index (χ0v) is 15.3. The minimum Gasteiger partial charge on any atom is -0.445 e. The number of carbonyl (C=O) groups is 1. The number of aromatic nitrogens is 1. The molecule has 0 aliphatic rings. The van der Waals surface area contributed by atoms with Crippen molar-refractivity contribution in [2.24, 2.45) is 0 Å². The third kappa shape index (κ3) is 3.60. The van der Waals surface area contributed by atoms with Crippen molar-refractivity contribution in [3.05, 3.63) is 94.6 Å². The number of benzene rings is 3. The van der Waals surface area contributed by atoms with Gasteiger partial charge in [-0.1, -0.05) is 54.6 Å². The molecule has 5 nitrogen and oxygen atoms in total. The van der Waals surface area contributed by atoms with Crippen LogP contribution in [-0.4, -0.2) is 17.2 Å². The Hall–Kier alpha value is -3.60. The molecule has 140 valence electrons. The van der Waals surface area contributed by atoms with Crippen molar-refractivity contribution < 1.29 is 9.53 Å². The van der Waals surface area contributed by atoms with E-state index in [1.807, 2.05) is 78.9 Å². The molecule has 1 amide bonds. The Balaban J connectivity index is 1.50. The van der Waals surface area contributed by atoms with Gasteiger partial charge in [-0.15, -0.1) is 0 Å². The molecule has 28 heavy (non-hydrogen) atoms. The molecule has 0 atom stereocenters. The van der Waals surface area contributed by atoms with Crippen molar-refractivity contribution in [1.82, 2.24) is 9.88 Å². The molecule has 0 aliphatic carbocycles. The third-order valence-corrected chi connectivity index (χ3v) is 4.70. The number of amides is 1. The molecule has 1 aromatic heterocycles. The van der Waals surface area contributed by atoms with Crippen molar-refractivity contribution >= 4 is 27.9 Å². The van der Waals surface area contributed by atoms with Gasteiger partial charge >= 0.3 is 6.09 Å². The molecule has 1 heterocycles. The van der Waals surface area contributed by atoms with Gasteiger partial charge in [0.1, 0.15) is 6.61 Å². The van der Waals surface area contributed by atoms with Crippen molar-refractivity contribution in [2.75, 3.05) is 6.54 Å². The fourth-order valence-electron chi connectivity index (χ4n) is 3.36. The van der Waals surface area contributed by atoms with Gasteiger partial charge in [-0.3, -0.25) is 4.79 Å². The van der Waals surface area contributed by atoms with E-state index >= 15 is 0 Å². The van der Waals surface area contributed by atoms with E-state index in [-0.39, 0.29) is 12.0 Å². The average Bonchev–Trinajstić information content (AvgIpc) is 2.75. The zero-order valence-electron chi connectivity index (χ0n) is 15.3. The first kappa shape index (κ1) is 17.8. The second kappa shape index (κ2) is 7.96. The second-order valence-corrected chi connectivity index (χ2v) is 6.50. The van der Waals surface area contributed by atoms with Gasteiger partial charge in [-0.05, 0) is 29.8 Å². The lowest BCUT2D eigenvalue weighted by atomic mass is 10.1. The minimum atomic E-state index is -0.460. The van der Waals surface area contributed by atoms with Gasteiger partial charge in [0.2, 0.25) is 0 Å². The van der Waals surface area contributed by atoms with Crippen LogP contribution in [0.25, 0.3) is 21.8 Å². The topological polar surface area (TPSA) is 60.3 Å². The Labute approximate surface area is 162 Å². The maximum atomic E-state index is 12.7. The highest BCUT2D eigenvalue weighted by molar-refractivity contribution is 5.93. The summed E-state index contributed by atoms with van der Waals surface area (Å²) in [6.07, 6.45) is -0.460. The predicted octanol–water partition coefficient (Wildman–Crippen LogP) is 4.08. The predicted molar refractivity (Wildman–Crippen MR) is 110 cm³/mol. The van der Waals surface area contributed by atoms with Gasteiger partial charge in [0.25, 0.3) is 0 Å². The molecule has 0 unspecified atom stereocenters. The van der Waals surface area contributed by atoms with Crippen molar-refractivity contribution in [3.8, 4) is 0 Å². The molecule has 1 N–H and O–H groups in total. The molecular formula is C23H20N2O3. The van der Waals surface area contributed by atoms with E-state index in [9.17, 15) is 9.59 Å². The largest absolute Gasteiger partial charge is 0.445 e.